The van der Waals surface area contributed by atoms with E-state index < -0.39 is 110 Å². The highest BCUT2D eigenvalue weighted by molar-refractivity contribution is 5.84. The van der Waals surface area contributed by atoms with Crippen LogP contribution >= 0.6 is 0 Å². The largest absolute Gasteiger partial charge is 0.394 e. The Labute approximate surface area is 266 Å². The molecule has 18 heteroatoms. The van der Waals surface area contributed by atoms with Crippen LogP contribution in [0.1, 0.15) is 46.0 Å². The third-order valence-electron chi connectivity index (χ3n) is 9.23. The maximum Gasteiger partial charge on any atom is 0.184 e. The topological polar surface area (TPSA) is 311 Å². The molecule has 3 fully saturated rings. The Morgan fingerprint density at radius 1 is 1.02 bits per heavy atom. The van der Waals surface area contributed by atoms with Crippen molar-refractivity contribution in [2.45, 2.75) is 137 Å². The van der Waals surface area contributed by atoms with Gasteiger partial charge in [0.05, 0.1) is 37.0 Å². The van der Waals surface area contributed by atoms with Gasteiger partial charge in [-0.1, -0.05) is 6.92 Å². The van der Waals surface area contributed by atoms with Crippen molar-refractivity contribution in [3.8, 4) is 0 Å². The summed E-state index contributed by atoms with van der Waals surface area (Å²) < 4.78 is 36.5. The van der Waals surface area contributed by atoms with Crippen LogP contribution in [0.3, 0.4) is 0 Å². The number of nitrogens with two attached hydrogens (primary N) is 2. The van der Waals surface area contributed by atoms with Gasteiger partial charge < -0.3 is 82.0 Å². The summed E-state index contributed by atoms with van der Waals surface area (Å²) in [7, 11) is 0. The molecule has 15 N–H and O–H groups in total. The van der Waals surface area contributed by atoms with Crippen molar-refractivity contribution in [2.75, 3.05) is 19.9 Å². The van der Waals surface area contributed by atoms with Crippen LogP contribution in [0.5, 0.6) is 0 Å². The van der Waals surface area contributed by atoms with E-state index in [1.165, 1.54) is 6.92 Å². The van der Waals surface area contributed by atoms with E-state index in [1.807, 2.05) is 0 Å². The zero-order valence-corrected chi connectivity index (χ0v) is 26.1. The molecule has 0 aromatic carbocycles. The van der Waals surface area contributed by atoms with Crippen LogP contribution in [0.2, 0.25) is 0 Å². The number of hydrogen-bond acceptors (Lipinski definition) is 16. The lowest BCUT2D eigenvalue weighted by Crippen LogP contribution is -2.68. The molecular formula is C28H52FN5O12. The molecule has 1 aliphatic carbocycles. The molecule has 17 nitrogen and oxygen atoms in total. The predicted octanol–water partition coefficient (Wildman–Crippen LogP) is -4.07. The Bertz CT molecular complexity index is 1000. The molecule has 1 saturated carbocycles. The summed E-state index contributed by atoms with van der Waals surface area (Å²) >= 11 is 0. The standard InChI is InChI=1S/C28H52FN5O12/c1-11-18(37)27(43-10-28(11,2)42)46-24-16(34-25(33)21(40)20(39)19(38)17(36)9-35)7-15(32)23(22(24)41)45-26-14(31)6-5-13(44-26)4-3-12(30)8-29/h11,13-24,26-27,30,35-42H,3-10,31-32H2,1-2H3,(H2,33,34)/t11-,13-,14?,15+,16-,17?,18?,19?,20?,21?,22?,23?,24?,26-,27-,28?/m1/s1. The minimum Gasteiger partial charge on any atom is -0.394 e. The molecule has 268 valence electrons. The normalized spacial score (nSPS) is 41.3. The molecule has 2 heterocycles. The Morgan fingerprint density at radius 3 is 2.30 bits per heavy atom. The first-order valence-electron chi connectivity index (χ1n) is 15.5. The highest BCUT2D eigenvalue weighted by Gasteiger charge is 2.51. The van der Waals surface area contributed by atoms with Gasteiger partial charge in [0.25, 0.3) is 0 Å². The van der Waals surface area contributed by atoms with Crippen LogP contribution in [0, 0.1) is 16.7 Å². The highest BCUT2D eigenvalue weighted by atomic mass is 19.1. The Kier molecular flexibility index (Phi) is 14.2. The molecule has 16 atom stereocenters. The van der Waals surface area contributed by atoms with Crippen molar-refractivity contribution in [3.05, 3.63) is 0 Å². The van der Waals surface area contributed by atoms with Gasteiger partial charge in [0, 0.05) is 17.7 Å². The Morgan fingerprint density at radius 2 is 1.67 bits per heavy atom. The van der Waals surface area contributed by atoms with E-state index in [4.69, 9.17) is 46.3 Å². The molecule has 0 amide bonds. The minimum atomic E-state index is -2.09. The molecule has 3 rings (SSSR count). The van der Waals surface area contributed by atoms with Gasteiger partial charge in [-0.25, -0.2) is 4.39 Å². The molecule has 46 heavy (non-hydrogen) atoms. The van der Waals surface area contributed by atoms with Crippen LogP contribution in [-0.2, 0) is 18.9 Å². The van der Waals surface area contributed by atoms with Crippen LogP contribution < -0.4 is 16.8 Å². The van der Waals surface area contributed by atoms with Gasteiger partial charge in [0.1, 0.15) is 61.3 Å². The van der Waals surface area contributed by atoms with Gasteiger partial charge in [-0.3, -0.25) is 5.41 Å². The van der Waals surface area contributed by atoms with E-state index in [2.05, 4.69) is 5.32 Å². The van der Waals surface area contributed by atoms with Gasteiger partial charge in [-0.05, 0) is 39.0 Å². The van der Waals surface area contributed by atoms with Crippen molar-refractivity contribution in [1.82, 2.24) is 5.32 Å². The smallest absolute Gasteiger partial charge is 0.184 e. The van der Waals surface area contributed by atoms with Gasteiger partial charge in [0.2, 0.25) is 0 Å². The summed E-state index contributed by atoms with van der Waals surface area (Å²) in [4.78, 5) is 0. The van der Waals surface area contributed by atoms with Gasteiger partial charge in [-0.2, -0.15) is 0 Å². The van der Waals surface area contributed by atoms with Crippen molar-refractivity contribution in [3.63, 3.8) is 0 Å². The first kappa shape index (κ1) is 39.0. The van der Waals surface area contributed by atoms with E-state index in [9.17, 15) is 40.1 Å². The summed E-state index contributed by atoms with van der Waals surface area (Å²) in [6, 6.07) is -2.63. The molecule has 0 radical (unpaired) electrons. The monoisotopic (exact) mass is 669 g/mol. The maximum absolute atomic E-state index is 12.8. The first-order chi connectivity index (χ1) is 21.5. The molecule has 3 aliphatic rings. The number of amidine groups is 1. The first-order valence-corrected chi connectivity index (χ1v) is 15.5. The second-order valence-electron chi connectivity index (χ2n) is 12.9. The fourth-order valence-corrected chi connectivity index (χ4v) is 5.85. The van der Waals surface area contributed by atoms with E-state index >= 15 is 0 Å². The number of nitrogens with one attached hydrogen (secondary N) is 3. The number of aliphatic hydroxyl groups excluding tert-OH is 7. The van der Waals surface area contributed by atoms with E-state index in [1.54, 1.807) is 6.92 Å². The van der Waals surface area contributed by atoms with Crippen molar-refractivity contribution < 1.29 is 64.2 Å². The fourth-order valence-electron chi connectivity index (χ4n) is 5.85. The zero-order valence-electron chi connectivity index (χ0n) is 26.1. The number of ether oxygens (including phenoxy) is 4. The number of rotatable bonds is 14. The Hall–Kier alpha value is -1.49. The van der Waals surface area contributed by atoms with E-state index in [-0.39, 0.29) is 31.3 Å². The molecule has 0 aromatic heterocycles. The summed E-state index contributed by atoms with van der Waals surface area (Å²) in [5.41, 5.74) is 11.2. The van der Waals surface area contributed by atoms with E-state index in [0.29, 0.717) is 19.3 Å². The lowest BCUT2D eigenvalue weighted by Gasteiger charge is -2.49. The number of hydrogen-bond donors (Lipinski definition) is 13. The number of aliphatic hydroxyl groups is 8. The summed E-state index contributed by atoms with van der Waals surface area (Å²) in [5, 5.41) is 101. The number of halogens is 1. The molecule has 10 unspecified atom stereocenters. The molecule has 2 saturated heterocycles. The number of alkyl halides is 1. The molecule has 0 aromatic rings. The van der Waals surface area contributed by atoms with Gasteiger partial charge in [-0.15, -0.1) is 0 Å². The maximum atomic E-state index is 12.8. The fraction of sp³-hybridized carbons (Fsp3) is 0.929. The molecular weight excluding hydrogens is 617 g/mol. The lowest BCUT2D eigenvalue weighted by molar-refractivity contribution is -0.313. The van der Waals surface area contributed by atoms with E-state index in [0.717, 1.165) is 0 Å². The molecule has 2 aliphatic heterocycles. The average Bonchev–Trinajstić information content (AvgIpc) is 3.03. The van der Waals surface area contributed by atoms with Crippen LogP contribution in [-0.4, -0.2) is 164 Å². The van der Waals surface area contributed by atoms with Crippen LogP contribution in [0.25, 0.3) is 0 Å². The van der Waals surface area contributed by atoms with Gasteiger partial charge >= 0.3 is 0 Å². The second kappa shape index (κ2) is 16.8. The summed E-state index contributed by atoms with van der Waals surface area (Å²) in [5.74, 6) is -1.46. The molecule has 0 bridgehead atoms. The minimum absolute atomic E-state index is 0.0653. The zero-order chi connectivity index (χ0) is 34.5. The van der Waals surface area contributed by atoms with Crippen molar-refractivity contribution >= 4 is 11.5 Å². The second-order valence-corrected chi connectivity index (χ2v) is 12.9. The molecule has 0 spiro atoms. The van der Waals surface area contributed by atoms with Crippen LogP contribution in [0.4, 0.5) is 4.39 Å². The average molecular weight is 670 g/mol. The van der Waals surface area contributed by atoms with Gasteiger partial charge in [0.15, 0.2) is 12.6 Å². The third-order valence-corrected chi connectivity index (χ3v) is 9.23. The van der Waals surface area contributed by atoms with Crippen LogP contribution in [0.15, 0.2) is 0 Å². The summed E-state index contributed by atoms with van der Waals surface area (Å²) in [6.07, 6.45) is -14.7. The quantitative estimate of drug-likeness (QED) is 0.0618. The van der Waals surface area contributed by atoms with Crippen molar-refractivity contribution in [1.29, 1.82) is 10.8 Å². The summed E-state index contributed by atoms with van der Waals surface area (Å²) in [6.45, 7) is 1.08. The lowest BCUT2D eigenvalue weighted by atomic mass is 9.82. The van der Waals surface area contributed by atoms with Crippen molar-refractivity contribution in [2.24, 2.45) is 17.4 Å². The Balaban J connectivity index is 1.80. The predicted molar refractivity (Wildman–Crippen MR) is 158 cm³/mol. The highest BCUT2D eigenvalue weighted by Crippen LogP contribution is 2.34. The third kappa shape index (κ3) is 9.35. The SMILES string of the molecule is C[C@@H]1C(O)[C@@H](OC2C(O)C(O[C@H]3O[C@H](CCC(=N)CF)CCC3N)[C@@H](N)C[C@H]2NC(=N)C(O)C(O)C(O)C(O)CO)OCC1(C)O.